The van der Waals surface area contributed by atoms with Crippen molar-refractivity contribution in [2.24, 2.45) is 0 Å². The van der Waals surface area contributed by atoms with Gasteiger partial charge < -0.3 is 0 Å². The number of benzene rings is 2. The summed E-state index contributed by atoms with van der Waals surface area (Å²) in [6.45, 7) is 0.404. The number of thioether (sulfide) groups is 1. The third kappa shape index (κ3) is 4.33. The smallest absolute Gasteiger partial charge is 0.260 e. The van der Waals surface area contributed by atoms with E-state index in [4.69, 9.17) is 11.6 Å². The van der Waals surface area contributed by atoms with Gasteiger partial charge in [-0.3, -0.25) is 14.5 Å². The lowest BCUT2D eigenvalue weighted by molar-refractivity contribution is -0.127. The lowest BCUT2D eigenvalue weighted by Gasteiger charge is -2.22. The number of halogens is 1. The van der Waals surface area contributed by atoms with Crippen molar-refractivity contribution < 1.29 is 9.59 Å². The summed E-state index contributed by atoms with van der Waals surface area (Å²) in [4.78, 5) is 27.4. The number of aromatic nitrogens is 4. The van der Waals surface area contributed by atoms with E-state index in [2.05, 4.69) is 15.5 Å². The molecule has 0 bridgehead atoms. The minimum atomic E-state index is -0.429. The Morgan fingerprint density at radius 3 is 2.59 bits per heavy atom. The van der Waals surface area contributed by atoms with Gasteiger partial charge in [-0.1, -0.05) is 48.0 Å². The second-order valence-corrected chi connectivity index (χ2v) is 8.22. The summed E-state index contributed by atoms with van der Waals surface area (Å²) < 4.78 is 1.61. The van der Waals surface area contributed by atoms with Crippen molar-refractivity contribution in [2.45, 2.75) is 29.7 Å². The van der Waals surface area contributed by atoms with Crippen LogP contribution in [0.3, 0.4) is 0 Å². The van der Waals surface area contributed by atoms with E-state index < -0.39 is 5.25 Å². The molecule has 1 saturated heterocycles. The zero-order chi connectivity index (χ0) is 20.2. The molecule has 29 heavy (non-hydrogen) atoms. The Hall–Kier alpha value is -2.71. The predicted molar refractivity (Wildman–Crippen MR) is 110 cm³/mol. The number of carbonyl (C=O) groups is 2. The Morgan fingerprint density at radius 2 is 1.83 bits per heavy atom. The van der Waals surface area contributed by atoms with Gasteiger partial charge in [0.1, 0.15) is 0 Å². The van der Waals surface area contributed by atoms with Gasteiger partial charge in [0.2, 0.25) is 11.1 Å². The lowest BCUT2D eigenvalue weighted by Crippen LogP contribution is -2.41. The van der Waals surface area contributed by atoms with Crippen LogP contribution in [0.5, 0.6) is 0 Å². The van der Waals surface area contributed by atoms with Crippen molar-refractivity contribution >= 4 is 35.2 Å². The van der Waals surface area contributed by atoms with E-state index in [1.807, 2.05) is 30.3 Å². The molecule has 2 heterocycles. The first-order valence-corrected chi connectivity index (χ1v) is 10.5. The summed E-state index contributed by atoms with van der Waals surface area (Å²) in [6, 6.07) is 16.1. The van der Waals surface area contributed by atoms with Crippen LogP contribution in [0, 0.1) is 0 Å². The number of hydrogen-bond acceptors (Lipinski definition) is 6. The normalized spacial score (nSPS) is 17.2. The number of carbonyl (C=O) groups excluding carboxylic acids is 2. The molecular weight excluding hydrogens is 410 g/mol. The lowest BCUT2D eigenvalue weighted by atomic mass is 10.2. The van der Waals surface area contributed by atoms with Gasteiger partial charge in [0.05, 0.1) is 10.9 Å². The fourth-order valence-corrected chi connectivity index (χ4v) is 4.40. The number of hydrogen-bond donors (Lipinski definition) is 0. The van der Waals surface area contributed by atoms with Gasteiger partial charge in [-0.25, -0.2) is 0 Å². The van der Waals surface area contributed by atoms with E-state index in [0.29, 0.717) is 28.7 Å². The van der Waals surface area contributed by atoms with Crippen LogP contribution in [-0.2, 0) is 4.79 Å². The molecule has 0 saturated carbocycles. The summed E-state index contributed by atoms with van der Waals surface area (Å²) in [5, 5.41) is 12.5. The van der Waals surface area contributed by atoms with Crippen LogP contribution < -0.4 is 0 Å². The Balaban J connectivity index is 1.56. The summed E-state index contributed by atoms with van der Waals surface area (Å²) in [5.41, 5.74) is 1.26. The Kier molecular flexibility index (Phi) is 5.92. The first-order chi connectivity index (χ1) is 14.1. The van der Waals surface area contributed by atoms with Gasteiger partial charge >= 0.3 is 0 Å². The fraction of sp³-hybridized carbons (Fsp3) is 0.250. The summed E-state index contributed by atoms with van der Waals surface area (Å²) in [6.07, 6.45) is 2.28. The summed E-state index contributed by atoms with van der Waals surface area (Å²) in [5.74, 6) is -0.517. The maximum atomic E-state index is 13.2. The van der Waals surface area contributed by atoms with Gasteiger partial charge in [-0.2, -0.15) is 4.68 Å². The molecule has 2 amide bonds. The molecule has 1 aliphatic rings. The highest BCUT2D eigenvalue weighted by atomic mass is 35.5. The van der Waals surface area contributed by atoms with Crippen LogP contribution >= 0.6 is 23.4 Å². The minimum absolute atomic E-state index is 0.213. The quantitative estimate of drug-likeness (QED) is 0.591. The molecule has 9 heteroatoms. The van der Waals surface area contributed by atoms with Crippen LogP contribution in [0.4, 0.5) is 0 Å². The minimum Gasteiger partial charge on any atom is -0.278 e. The monoisotopic (exact) mass is 427 g/mol. The molecule has 0 N–H and O–H groups in total. The molecule has 4 rings (SSSR count). The number of imide groups is 1. The molecule has 1 atom stereocenters. The van der Waals surface area contributed by atoms with Crippen molar-refractivity contribution in [1.82, 2.24) is 25.1 Å². The van der Waals surface area contributed by atoms with Gasteiger partial charge in [0, 0.05) is 17.1 Å². The predicted octanol–water partition coefficient (Wildman–Crippen LogP) is 3.63. The first-order valence-electron chi connectivity index (χ1n) is 9.25. The van der Waals surface area contributed by atoms with Crippen molar-refractivity contribution in [3.8, 4) is 5.69 Å². The molecule has 1 aliphatic heterocycles. The van der Waals surface area contributed by atoms with E-state index in [0.717, 1.165) is 18.5 Å². The second kappa shape index (κ2) is 8.75. The van der Waals surface area contributed by atoms with Crippen LogP contribution in [-0.4, -0.2) is 48.7 Å². The van der Waals surface area contributed by atoms with Crippen LogP contribution in [0.1, 0.15) is 29.6 Å². The first kappa shape index (κ1) is 19.6. The fourth-order valence-electron chi connectivity index (χ4n) is 3.18. The van der Waals surface area contributed by atoms with Crippen LogP contribution in [0.15, 0.2) is 59.8 Å². The van der Waals surface area contributed by atoms with Gasteiger partial charge in [-0.05, 0) is 59.7 Å². The van der Waals surface area contributed by atoms with Crippen LogP contribution in [0.25, 0.3) is 5.69 Å². The van der Waals surface area contributed by atoms with E-state index >= 15 is 0 Å². The van der Waals surface area contributed by atoms with Crippen molar-refractivity contribution in [1.29, 1.82) is 0 Å². The molecule has 0 radical (unpaired) electrons. The summed E-state index contributed by atoms with van der Waals surface area (Å²) >= 11 is 7.20. The molecule has 1 fully saturated rings. The second-order valence-electron chi connectivity index (χ2n) is 6.61. The molecular formula is C20H18ClN5O2S. The number of rotatable bonds is 4. The summed E-state index contributed by atoms with van der Waals surface area (Å²) in [7, 11) is 0. The molecule has 7 nitrogen and oxygen atoms in total. The number of amides is 2. The van der Waals surface area contributed by atoms with E-state index in [9.17, 15) is 9.59 Å². The number of tetrazole rings is 1. The van der Waals surface area contributed by atoms with Gasteiger partial charge in [-0.15, -0.1) is 5.10 Å². The van der Waals surface area contributed by atoms with Crippen LogP contribution in [0.2, 0.25) is 5.02 Å². The maximum absolute atomic E-state index is 13.2. The van der Waals surface area contributed by atoms with E-state index in [-0.39, 0.29) is 11.8 Å². The van der Waals surface area contributed by atoms with E-state index in [1.54, 1.807) is 28.9 Å². The zero-order valence-corrected chi connectivity index (χ0v) is 17.0. The Morgan fingerprint density at radius 1 is 1.07 bits per heavy atom. The third-order valence-electron chi connectivity index (χ3n) is 4.67. The molecule has 3 aromatic rings. The Labute approximate surface area is 177 Å². The van der Waals surface area contributed by atoms with E-state index in [1.165, 1.54) is 16.7 Å². The number of likely N-dealkylation sites (tertiary alicyclic amines) is 1. The molecule has 148 valence electrons. The highest BCUT2D eigenvalue weighted by molar-refractivity contribution is 8.00. The highest BCUT2D eigenvalue weighted by Crippen LogP contribution is 2.30. The van der Waals surface area contributed by atoms with Crippen molar-refractivity contribution in [3.63, 3.8) is 0 Å². The molecule has 0 spiro atoms. The van der Waals surface area contributed by atoms with Crippen molar-refractivity contribution in [2.75, 3.05) is 6.54 Å². The van der Waals surface area contributed by atoms with Crippen molar-refractivity contribution in [3.05, 3.63) is 65.2 Å². The largest absolute Gasteiger partial charge is 0.278 e. The number of para-hydroxylation sites is 1. The molecule has 1 unspecified atom stereocenters. The highest BCUT2D eigenvalue weighted by Gasteiger charge is 2.33. The standard InChI is InChI=1S/C20H18ClN5O2S/c21-15-11-9-14(10-12-15)18(27)25-13-5-4-8-17(19(25)28)29-20-22-23-24-26(20)16-6-2-1-3-7-16/h1-3,6-7,9-12,17H,4-5,8,13H2. The molecule has 2 aromatic carbocycles. The zero-order valence-electron chi connectivity index (χ0n) is 15.4. The third-order valence-corrected chi connectivity index (χ3v) is 6.10. The Bertz CT molecular complexity index is 1010. The van der Waals surface area contributed by atoms with Gasteiger partial charge in [0.15, 0.2) is 0 Å². The average Bonchev–Trinajstić information content (AvgIpc) is 3.13. The molecule has 0 aliphatic carbocycles. The van der Waals surface area contributed by atoms with Gasteiger partial charge in [0.25, 0.3) is 5.91 Å². The molecule has 1 aromatic heterocycles. The SMILES string of the molecule is O=C(c1ccc(Cl)cc1)N1CCCCC(Sc2nnnn2-c2ccccc2)C1=O. The average molecular weight is 428 g/mol. The number of nitrogens with zero attached hydrogens (tertiary/aromatic N) is 5. The maximum Gasteiger partial charge on any atom is 0.260 e. The topological polar surface area (TPSA) is 81.0 Å².